The van der Waals surface area contributed by atoms with Gasteiger partial charge in [-0.1, -0.05) is 11.6 Å². The number of rotatable bonds is 6. The Balaban J connectivity index is 2.64. The molecule has 0 bridgehead atoms. The predicted molar refractivity (Wildman–Crippen MR) is 75.8 cm³/mol. The Morgan fingerprint density at radius 2 is 1.88 bits per heavy atom. The number of benzene rings is 1. The van der Waals surface area contributed by atoms with E-state index in [0.29, 0.717) is 6.54 Å². The molecule has 0 unspecified atom stereocenters. The quantitative estimate of drug-likeness (QED) is 0.846. The third-order valence-electron chi connectivity index (χ3n) is 2.77. The molecule has 0 saturated heterocycles. The fourth-order valence-electron chi connectivity index (χ4n) is 1.83. The van der Waals surface area contributed by atoms with Crippen LogP contribution in [-0.4, -0.2) is 39.1 Å². The fraction of sp³-hybridized carbons (Fsp3) is 0.538. The van der Waals surface area contributed by atoms with Gasteiger partial charge in [0.25, 0.3) is 0 Å². The maximum absolute atomic E-state index is 5.97. The minimum atomic E-state index is 0.522. The van der Waals surface area contributed by atoms with Crippen LogP contribution < -0.4 is 10.6 Å². The average molecular weight is 256 g/mol. The molecule has 0 aliphatic heterocycles. The van der Waals surface area contributed by atoms with Gasteiger partial charge in [-0.3, -0.25) is 0 Å². The monoisotopic (exact) mass is 255 g/mol. The largest absolute Gasteiger partial charge is 0.374 e. The molecule has 1 rings (SSSR count). The molecule has 4 heteroatoms. The molecule has 0 spiro atoms. The maximum atomic E-state index is 5.97. The molecule has 17 heavy (non-hydrogen) atoms. The third-order valence-corrected chi connectivity index (χ3v) is 3.01. The first-order valence-electron chi connectivity index (χ1n) is 5.89. The molecule has 0 fully saturated rings. The molecule has 96 valence electrons. The van der Waals surface area contributed by atoms with Crippen LogP contribution in [0.3, 0.4) is 0 Å². The van der Waals surface area contributed by atoms with Crippen LogP contribution in [0, 0.1) is 0 Å². The zero-order valence-corrected chi connectivity index (χ0v) is 11.7. The van der Waals surface area contributed by atoms with Crippen molar-refractivity contribution in [2.24, 2.45) is 5.73 Å². The van der Waals surface area contributed by atoms with E-state index in [9.17, 15) is 0 Å². The smallest absolute Gasteiger partial charge is 0.0410 e. The second kappa shape index (κ2) is 6.84. The summed E-state index contributed by atoms with van der Waals surface area (Å²) in [6, 6.07) is 5.90. The Bertz CT molecular complexity index is 353. The van der Waals surface area contributed by atoms with E-state index in [1.54, 1.807) is 0 Å². The number of nitrogens with zero attached hydrogens (tertiary/aromatic N) is 2. The Morgan fingerprint density at radius 1 is 1.18 bits per heavy atom. The molecule has 1 aromatic rings. The van der Waals surface area contributed by atoms with Crippen LogP contribution in [0.4, 0.5) is 5.69 Å². The lowest BCUT2D eigenvalue weighted by Gasteiger charge is -2.23. The van der Waals surface area contributed by atoms with Gasteiger partial charge in [0.2, 0.25) is 0 Å². The van der Waals surface area contributed by atoms with E-state index in [0.717, 1.165) is 30.1 Å². The molecule has 1 aromatic carbocycles. The zero-order chi connectivity index (χ0) is 12.8. The van der Waals surface area contributed by atoms with Crippen molar-refractivity contribution in [2.45, 2.75) is 13.0 Å². The predicted octanol–water partition coefficient (Wildman–Crippen LogP) is 2.19. The van der Waals surface area contributed by atoms with E-state index in [1.165, 1.54) is 5.69 Å². The highest BCUT2D eigenvalue weighted by molar-refractivity contribution is 6.30. The molecule has 2 N–H and O–H groups in total. The van der Waals surface area contributed by atoms with Crippen molar-refractivity contribution in [2.75, 3.05) is 39.1 Å². The third kappa shape index (κ3) is 4.54. The molecule has 0 saturated carbocycles. The minimum absolute atomic E-state index is 0.522. The zero-order valence-electron chi connectivity index (χ0n) is 10.9. The van der Waals surface area contributed by atoms with Gasteiger partial charge in [-0.25, -0.2) is 0 Å². The van der Waals surface area contributed by atoms with Crippen molar-refractivity contribution < 1.29 is 0 Å². The van der Waals surface area contributed by atoms with Crippen LogP contribution in [0.1, 0.15) is 12.0 Å². The van der Waals surface area contributed by atoms with Crippen molar-refractivity contribution in [1.82, 2.24) is 4.90 Å². The first kappa shape index (κ1) is 14.3. The van der Waals surface area contributed by atoms with E-state index < -0.39 is 0 Å². The summed E-state index contributed by atoms with van der Waals surface area (Å²) < 4.78 is 0. The fourth-order valence-corrected chi connectivity index (χ4v) is 2.03. The molecule has 0 aliphatic carbocycles. The summed E-state index contributed by atoms with van der Waals surface area (Å²) in [5, 5.41) is 0.746. The van der Waals surface area contributed by atoms with Gasteiger partial charge in [0.15, 0.2) is 0 Å². The molecule has 0 radical (unpaired) electrons. The van der Waals surface area contributed by atoms with Gasteiger partial charge in [0.05, 0.1) is 0 Å². The Morgan fingerprint density at radius 3 is 2.47 bits per heavy atom. The van der Waals surface area contributed by atoms with Crippen LogP contribution in [-0.2, 0) is 6.54 Å². The standard InChI is InChI=1S/C13H22ClN3/c1-16(2)7-4-8-17(3)13-6-5-12(14)9-11(13)10-15/h5-6,9H,4,7-8,10,15H2,1-3H3. The average Bonchev–Trinajstić information content (AvgIpc) is 2.28. The van der Waals surface area contributed by atoms with E-state index in [1.807, 2.05) is 18.2 Å². The van der Waals surface area contributed by atoms with Crippen LogP contribution in [0.5, 0.6) is 0 Å². The topological polar surface area (TPSA) is 32.5 Å². The van der Waals surface area contributed by atoms with Crippen LogP contribution in [0.2, 0.25) is 5.02 Å². The molecule has 3 nitrogen and oxygen atoms in total. The van der Waals surface area contributed by atoms with Crippen LogP contribution in [0.15, 0.2) is 18.2 Å². The summed E-state index contributed by atoms with van der Waals surface area (Å²) in [5.74, 6) is 0. The van der Waals surface area contributed by atoms with E-state index >= 15 is 0 Å². The highest BCUT2D eigenvalue weighted by atomic mass is 35.5. The highest BCUT2D eigenvalue weighted by Gasteiger charge is 2.07. The summed E-state index contributed by atoms with van der Waals surface area (Å²) in [4.78, 5) is 4.43. The Labute approximate surface area is 109 Å². The van der Waals surface area contributed by atoms with Crippen LogP contribution >= 0.6 is 11.6 Å². The lowest BCUT2D eigenvalue weighted by atomic mass is 10.1. The SMILES string of the molecule is CN(C)CCCN(C)c1ccc(Cl)cc1CN. The van der Waals surface area contributed by atoms with Gasteiger partial charge in [-0.15, -0.1) is 0 Å². The van der Waals surface area contributed by atoms with Crippen molar-refractivity contribution >= 4 is 17.3 Å². The van der Waals surface area contributed by atoms with Crippen LogP contribution in [0.25, 0.3) is 0 Å². The van der Waals surface area contributed by atoms with E-state index in [-0.39, 0.29) is 0 Å². The number of nitrogens with two attached hydrogens (primary N) is 1. The summed E-state index contributed by atoms with van der Waals surface area (Å²) >= 11 is 5.97. The number of halogens is 1. The van der Waals surface area contributed by atoms with Gasteiger partial charge in [0.1, 0.15) is 0 Å². The number of anilines is 1. The summed E-state index contributed by atoms with van der Waals surface area (Å²) in [5.41, 5.74) is 8.02. The minimum Gasteiger partial charge on any atom is -0.374 e. The summed E-state index contributed by atoms with van der Waals surface area (Å²) in [6.45, 7) is 2.64. The number of hydrogen-bond donors (Lipinski definition) is 1. The lowest BCUT2D eigenvalue weighted by Crippen LogP contribution is -2.24. The highest BCUT2D eigenvalue weighted by Crippen LogP contribution is 2.23. The Hall–Kier alpha value is -0.770. The van der Waals surface area contributed by atoms with Crippen molar-refractivity contribution in [3.8, 4) is 0 Å². The summed E-state index contributed by atoms with van der Waals surface area (Å²) in [6.07, 6.45) is 1.14. The molecule has 0 aliphatic rings. The van der Waals surface area contributed by atoms with Gasteiger partial charge in [-0.2, -0.15) is 0 Å². The lowest BCUT2D eigenvalue weighted by molar-refractivity contribution is 0.401. The van der Waals surface area contributed by atoms with Crippen molar-refractivity contribution in [1.29, 1.82) is 0 Å². The molecular formula is C13H22ClN3. The maximum Gasteiger partial charge on any atom is 0.0410 e. The molecule has 0 aromatic heterocycles. The first-order chi connectivity index (χ1) is 8.04. The first-order valence-corrected chi connectivity index (χ1v) is 6.26. The Kier molecular flexibility index (Phi) is 5.75. The second-order valence-corrected chi connectivity index (χ2v) is 4.99. The molecule has 0 atom stereocenters. The van der Waals surface area contributed by atoms with Crippen molar-refractivity contribution in [3.63, 3.8) is 0 Å². The van der Waals surface area contributed by atoms with Crippen molar-refractivity contribution in [3.05, 3.63) is 28.8 Å². The molecular weight excluding hydrogens is 234 g/mol. The van der Waals surface area contributed by atoms with Gasteiger partial charge < -0.3 is 15.5 Å². The number of hydrogen-bond acceptors (Lipinski definition) is 3. The van der Waals surface area contributed by atoms with Gasteiger partial charge in [0, 0.05) is 30.8 Å². The molecule has 0 amide bonds. The second-order valence-electron chi connectivity index (χ2n) is 4.56. The molecule has 0 heterocycles. The van der Waals surface area contributed by atoms with E-state index in [4.69, 9.17) is 17.3 Å². The van der Waals surface area contributed by atoms with E-state index in [2.05, 4.69) is 30.9 Å². The summed E-state index contributed by atoms with van der Waals surface area (Å²) in [7, 11) is 6.28. The van der Waals surface area contributed by atoms with Gasteiger partial charge in [-0.05, 0) is 50.8 Å². The normalized spacial score (nSPS) is 10.9. The van der Waals surface area contributed by atoms with Gasteiger partial charge >= 0.3 is 0 Å².